The summed E-state index contributed by atoms with van der Waals surface area (Å²) >= 11 is 0. The molecular formula is C14H20O3. The molecular weight excluding hydrogens is 216 g/mol. The maximum atomic E-state index is 11.2. The Balaban J connectivity index is 2.87. The molecule has 3 nitrogen and oxygen atoms in total. The van der Waals surface area contributed by atoms with Crippen molar-refractivity contribution < 1.29 is 14.3 Å². The molecule has 0 radical (unpaired) electrons. The molecule has 0 aliphatic rings. The molecule has 1 aromatic rings. The van der Waals surface area contributed by atoms with Gasteiger partial charge in [-0.2, -0.15) is 0 Å². The number of methoxy groups -OCH3 is 1. The number of hydrogen-bond donors (Lipinski definition) is 0. The topological polar surface area (TPSA) is 35.5 Å². The molecule has 0 amide bonds. The average molecular weight is 236 g/mol. The van der Waals surface area contributed by atoms with Gasteiger partial charge in [-0.3, -0.25) is 0 Å². The Morgan fingerprint density at radius 1 is 1.29 bits per heavy atom. The Hall–Kier alpha value is -1.35. The fourth-order valence-corrected chi connectivity index (χ4v) is 1.62. The van der Waals surface area contributed by atoms with Crippen LogP contribution in [0.15, 0.2) is 30.3 Å². The standard InChI is InChI=1S/C14H20O3/c1-11(2)14(3,17-10-13(15)16-4)12-8-6-5-7-9-12/h5-9,11H,10H2,1-4H3/t14-/m1/s1. The van der Waals surface area contributed by atoms with E-state index in [0.29, 0.717) is 0 Å². The molecule has 0 N–H and O–H groups in total. The first-order valence-corrected chi connectivity index (χ1v) is 5.77. The van der Waals surface area contributed by atoms with Gasteiger partial charge < -0.3 is 9.47 Å². The van der Waals surface area contributed by atoms with Crippen LogP contribution in [0.3, 0.4) is 0 Å². The van der Waals surface area contributed by atoms with E-state index in [2.05, 4.69) is 18.6 Å². The highest BCUT2D eigenvalue weighted by Crippen LogP contribution is 2.33. The highest BCUT2D eigenvalue weighted by atomic mass is 16.6. The van der Waals surface area contributed by atoms with Gasteiger partial charge >= 0.3 is 5.97 Å². The third kappa shape index (κ3) is 3.30. The van der Waals surface area contributed by atoms with Crippen molar-refractivity contribution >= 4 is 5.97 Å². The van der Waals surface area contributed by atoms with Crippen LogP contribution in [0.25, 0.3) is 0 Å². The number of esters is 1. The van der Waals surface area contributed by atoms with E-state index in [9.17, 15) is 4.79 Å². The van der Waals surface area contributed by atoms with Crippen molar-refractivity contribution in [1.29, 1.82) is 0 Å². The van der Waals surface area contributed by atoms with Crippen LogP contribution in [-0.4, -0.2) is 19.7 Å². The minimum Gasteiger partial charge on any atom is -0.467 e. The highest BCUT2D eigenvalue weighted by Gasteiger charge is 2.32. The van der Waals surface area contributed by atoms with Gasteiger partial charge in [-0.1, -0.05) is 44.2 Å². The molecule has 3 heteroatoms. The van der Waals surface area contributed by atoms with Gasteiger partial charge in [0, 0.05) is 0 Å². The lowest BCUT2D eigenvalue weighted by atomic mass is 9.85. The predicted octanol–water partition coefficient (Wildman–Crippen LogP) is 2.75. The Morgan fingerprint density at radius 2 is 1.88 bits per heavy atom. The van der Waals surface area contributed by atoms with Gasteiger partial charge in [0.25, 0.3) is 0 Å². The summed E-state index contributed by atoms with van der Waals surface area (Å²) in [5.74, 6) is -0.0950. The first kappa shape index (κ1) is 13.7. The van der Waals surface area contributed by atoms with Gasteiger partial charge in [0.1, 0.15) is 6.61 Å². The van der Waals surface area contributed by atoms with Gasteiger partial charge in [0.15, 0.2) is 0 Å². The zero-order valence-corrected chi connectivity index (χ0v) is 10.9. The summed E-state index contributed by atoms with van der Waals surface area (Å²) < 4.78 is 10.4. The van der Waals surface area contributed by atoms with Crippen LogP contribution in [0.5, 0.6) is 0 Å². The molecule has 1 rings (SSSR count). The van der Waals surface area contributed by atoms with E-state index < -0.39 is 5.60 Å². The van der Waals surface area contributed by atoms with Crippen LogP contribution < -0.4 is 0 Å². The van der Waals surface area contributed by atoms with Crippen LogP contribution in [0, 0.1) is 5.92 Å². The van der Waals surface area contributed by atoms with Crippen LogP contribution in [0.1, 0.15) is 26.3 Å². The molecule has 0 bridgehead atoms. The lowest BCUT2D eigenvalue weighted by molar-refractivity contribution is -0.156. The molecule has 17 heavy (non-hydrogen) atoms. The van der Waals surface area contributed by atoms with Crippen molar-refractivity contribution in [1.82, 2.24) is 0 Å². The fraction of sp³-hybridized carbons (Fsp3) is 0.500. The molecule has 0 fully saturated rings. The SMILES string of the molecule is COC(=O)CO[C@@](C)(c1ccccc1)C(C)C. The van der Waals surface area contributed by atoms with E-state index in [1.807, 2.05) is 37.3 Å². The van der Waals surface area contributed by atoms with Crippen molar-refractivity contribution in [3.8, 4) is 0 Å². The first-order valence-electron chi connectivity index (χ1n) is 5.77. The molecule has 0 saturated carbocycles. The summed E-state index contributed by atoms with van der Waals surface area (Å²) in [6.45, 7) is 6.12. The maximum absolute atomic E-state index is 11.2. The molecule has 94 valence electrons. The molecule has 0 heterocycles. The molecule has 0 spiro atoms. The first-order chi connectivity index (χ1) is 8.00. The summed E-state index contributed by atoms with van der Waals surface area (Å²) in [6.07, 6.45) is 0. The van der Waals surface area contributed by atoms with Gasteiger partial charge in [-0.25, -0.2) is 4.79 Å². The van der Waals surface area contributed by atoms with E-state index >= 15 is 0 Å². The van der Waals surface area contributed by atoms with Gasteiger partial charge in [0.2, 0.25) is 0 Å². The second-order valence-corrected chi connectivity index (χ2v) is 4.49. The second kappa shape index (κ2) is 5.82. The van der Waals surface area contributed by atoms with Crippen molar-refractivity contribution in [2.75, 3.05) is 13.7 Å². The number of benzene rings is 1. The van der Waals surface area contributed by atoms with Crippen LogP contribution in [0.2, 0.25) is 0 Å². The molecule has 0 unspecified atom stereocenters. The van der Waals surface area contributed by atoms with Crippen LogP contribution >= 0.6 is 0 Å². The minimum absolute atomic E-state index is 0.0277. The summed E-state index contributed by atoms with van der Waals surface area (Å²) in [5.41, 5.74) is 0.592. The smallest absolute Gasteiger partial charge is 0.331 e. The van der Waals surface area contributed by atoms with E-state index in [4.69, 9.17) is 4.74 Å². The Morgan fingerprint density at radius 3 is 2.35 bits per heavy atom. The number of carbonyl (C=O) groups excluding carboxylic acids is 1. The predicted molar refractivity (Wildman–Crippen MR) is 66.6 cm³/mol. The average Bonchev–Trinajstić information content (AvgIpc) is 2.36. The Labute approximate surface area is 103 Å². The van der Waals surface area contributed by atoms with E-state index in [1.165, 1.54) is 7.11 Å². The third-order valence-corrected chi connectivity index (χ3v) is 3.17. The number of ether oxygens (including phenoxy) is 2. The van der Waals surface area contributed by atoms with Gasteiger partial charge in [-0.05, 0) is 18.4 Å². The lowest BCUT2D eigenvalue weighted by Crippen LogP contribution is -2.34. The van der Waals surface area contributed by atoms with Crippen molar-refractivity contribution in [3.63, 3.8) is 0 Å². The highest BCUT2D eigenvalue weighted by molar-refractivity contribution is 5.70. The maximum Gasteiger partial charge on any atom is 0.331 e. The normalized spacial score (nSPS) is 14.4. The van der Waals surface area contributed by atoms with E-state index in [1.54, 1.807) is 0 Å². The lowest BCUT2D eigenvalue weighted by Gasteiger charge is -2.34. The zero-order valence-electron chi connectivity index (χ0n) is 10.9. The fourth-order valence-electron chi connectivity index (χ4n) is 1.62. The van der Waals surface area contributed by atoms with Crippen LogP contribution in [-0.2, 0) is 19.9 Å². The Kier molecular flexibility index (Phi) is 4.70. The number of carbonyl (C=O) groups is 1. The number of rotatable bonds is 5. The number of hydrogen-bond acceptors (Lipinski definition) is 3. The van der Waals surface area contributed by atoms with Crippen molar-refractivity contribution in [2.45, 2.75) is 26.4 Å². The Bertz CT molecular complexity index is 359. The molecule has 1 aromatic carbocycles. The zero-order chi connectivity index (χ0) is 12.9. The summed E-state index contributed by atoms with van der Waals surface area (Å²) in [6, 6.07) is 9.92. The monoisotopic (exact) mass is 236 g/mol. The summed E-state index contributed by atoms with van der Waals surface area (Å²) in [7, 11) is 1.36. The molecule has 0 aromatic heterocycles. The van der Waals surface area contributed by atoms with E-state index in [0.717, 1.165) is 5.56 Å². The van der Waals surface area contributed by atoms with Crippen LogP contribution in [0.4, 0.5) is 0 Å². The quantitative estimate of drug-likeness (QED) is 0.737. The van der Waals surface area contributed by atoms with Gasteiger partial charge in [0.05, 0.1) is 12.7 Å². The second-order valence-electron chi connectivity index (χ2n) is 4.49. The van der Waals surface area contributed by atoms with Crippen molar-refractivity contribution in [3.05, 3.63) is 35.9 Å². The molecule has 1 atom stereocenters. The summed E-state index contributed by atoms with van der Waals surface area (Å²) in [5, 5.41) is 0. The third-order valence-electron chi connectivity index (χ3n) is 3.17. The molecule has 0 aliphatic heterocycles. The minimum atomic E-state index is -0.477. The van der Waals surface area contributed by atoms with E-state index in [-0.39, 0.29) is 18.5 Å². The largest absolute Gasteiger partial charge is 0.467 e. The van der Waals surface area contributed by atoms with Crippen molar-refractivity contribution in [2.24, 2.45) is 5.92 Å². The van der Waals surface area contributed by atoms with Gasteiger partial charge in [-0.15, -0.1) is 0 Å². The summed E-state index contributed by atoms with van der Waals surface area (Å²) in [4.78, 5) is 11.2. The molecule has 0 saturated heterocycles. The molecule has 0 aliphatic carbocycles.